The maximum atomic E-state index is 2.47. The van der Waals surface area contributed by atoms with Crippen LogP contribution in [-0.2, 0) is 5.41 Å². The number of fused-ring (bicyclic) bond motifs is 6. The van der Waals surface area contributed by atoms with Crippen molar-refractivity contribution in [1.29, 1.82) is 0 Å². The first-order valence-corrected chi connectivity index (χ1v) is 20.0. The number of rotatable bonds is 5. The van der Waals surface area contributed by atoms with Crippen molar-refractivity contribution in [2.24, 2.45) is 0 Å². The Kier molecular flexibility index (Phi) is 7.63. The zero-order valence-electron chi connectivity index (χ0n) is 32.1. The summed E-state index contributed by atoms with van der Waals surface area (Å²) in [7, 11) is 0. The summed E-state index contributed by atoms with van der Waals surface area (Å²) in [5.74, 6) is 0. The van der Waals surface area contributed by atoms with Gasteiger partial charge in [-0.25, -0.2) is 0 Å². The van der Waals surface area contributed by atoms with Crippen LogP contribution in [0.15, 0.2) is 206 Å². The zero-order chi connectivity index (χ0) is 38.1. The number of hydrogen-bond acceptors (Lipinski definition) is 0. The first kappa shape index (κ1) is 33.3. The molecule has 1 aliphatic carbocycles. The lowest BCUT2D eigenvalue weighted by atomic mass is 9.81. The second-order valence-electron chi connectivity index (χ2n) is 16.0. The van der Waals surface area contributed by atoms with Gasteiger partial charge in [-0.1, -0.05) is 202 Å². The molecule has 0 atom stereocenters. The van der Waals surface area contributed by atoms with Gasteiger partial charge in [0.25, 0.3) is 0 Å². The van der Waals surface area contributed by atoms with Gasteiger partial charge in [0.2, 0.25) is 0 Å². The van der Waals surface area contributed by atoms with E-state index >= 15 is 0 Å². The van der Waals surface area contributed by atoms with Crippen molar-refractivity contribution in [1.82, 2.24) is 0 Å². The highest BCUT2D eigenvalue weighted by Gasteiger charge is 2.35. The maximum absolute atomic E-state index is 2.47. The molecule has 1 aliphatic rings. The summed E-state index contributed by atoms with van der Waals surface area (Å²) in [5, 5.41) is 7.56. The van der Waals surface area contributed by atoms with E-state index in [-0.39, 0.29) is 5.41 Å². The van der Waals surface area contributed by atoms with Crippen LogP contribution in [0.5, 0.6) is 0 Å². The third kappa shape index (κ3) is 5.36. The Labute approximate surface area is 334 Å². The van der Waals surface area contributed by atoms with Gasteiger partial charge in [0.1, 0.15) is 0 Å². The van der Waals surface area contributed by atoms with E-state index in [0.29, 0.717) is 0 Å². The molecular formula is C57H40. The van der Waals surface area contributed by atoms with Gasteiger partial charge in [0, 0.05) is 5.41 Å². The van der Waals surface area contributed by atoms with Gasteiger partial charge in [-0.15, -0.1) is 0 Å². The Bertz CT molecular complexity index is 3180. The highest BCUT2D eigenvalue weighted by Crippen LogP contribution is 2.51. The molecule has 0 nitrogen and oxygen atoms in total. The minimum atomic E-state index is -0.0487. The predicted molar refractivity (Wildman–Crippen MR) is 244 cm³/mol. The Balaban J connectivity index is 1.16. The smallest absolute Gasteiger partial charge is 0.0158 e. The molecule has 0 fully saturated rings. The fraction of sp³-hybridized carbons (Fsp3) is 0.0526. The summed E-state index contributed by atoms with van der Waals surface area (Å²) in [6.07, 6.45) is 0. The quantitative estimate of drug-likeness (QED) is 0.155. The molecule has 0 saturated heterocycles. The molecule has 57 heavy (non-hydrogen) atoms. The summed E-state index contributed by atoms with van der Waals surface area (Å²) in [4.78, 5) is 0. The second kappa shape index (κ2) is 13.0. The van der Waals surface area contributed by atoms with Crippen molar-refractivity contribution in [3.8, 4) is 66.8 Å². The Morgan fingerprint density at radius 3 is 1.56 bits per heavy atom. The normalized spacial score (nSPS) is 12.9. The molecule has 0 aromatic heterocycles. The first-order chi connectivity index (χ1) is 28.0. The summed E-state index contributed by atoms with van der Waals surface area (Å²) >= 11 is 0. The zero-order valence-corrected chi connectivity index (χ0v) is 32.1. The lowest BCUT2D eigenvalue weighted by Crippen LogP contribution is -2.14. The molecule has 0 saturated carbocycles. The molecule has 10 aromatic carbocycles. The molecule has 0 aliphatic heterocycles. The van der Waals surface area contributed by atoms with Gasteiger partial charge < -0.3 is 0 Å². The monoisotopic (exact) mass is 724 g/mol. The van der Waals surface area contributed by atoms with Crippen LogP contribution >= 0.6 is 0 Å². The van der Waals surface area contributed by atoms with Gasteiger partial charge >= 0.3 is 0 Å². The van der Waals surface area contributed by atoms with Gasteiger partial charge in [0.15, 0.2) is 0 Å². The first-order valence-electron chi connectivity index (χ1n) is 20.0. The topological polar surface area (TPSA) is 0 Å². The van der Waals surface area contributed by atoms with Crippen molar-refractivity contribution in [2.75, 3.05) is 0 Å². The van der Waals surface area contributed by atoms with Gasteiger partial charge in [-0.05, 0) is 128 Å². The van der Waals surface area contributed by atoms with Crippen molar-refractivity contribution in [3.05, 3.63) is 217 Å². The van der Waals surface area contributed by atoms with Crippen molar-refractivity contribution < 1.29 is 0 Å². The fourth-order valence-corrected chi connectivity index (χ4v) is 9.66. The van der Waals surface area contributed by atoms with Crippen molar-refractivity contribution in [2.45, 2.75) is 19.3 Å². The molecule has 0 unspecified atom stereocenters. The van der Waals surface area contributed by atoms with Crippen LogP contribution in [-0.4, -0.2) is 0 Å². The van der Waals surface area contributed by atoms with E-state index in [2.05, 4.69) is 220 Å². The largest absolute Gasteiger partial charge is 0.0622 e. The van der Waals surface area contributed by atoms with E-state index in [1.165, 1.54) is 110 Å². The van der Waals surface area contributed by atoms with Crippen molar-refractivity contribution in [3.63, 3.8) is 0 Å². The minimum absolute atomic E-state index is 0.0487. The standard InChI is InChI=1S/C57H40/c1-57(2)53-25-11-10-21-47(53)51-36-44(31-33-54(51)57)56-49-23-9-8-22-48(49)55(50-32-30-42(35-52(50)56)46-24-13-17-40-16-6-7-20-45(40)46)43-19-12-18-41(34-43)39-28-26-38(27-29-39)37-14-4-3-5-15-37/h3-36H,1-2H3. The summed E-state index contributed by atoms with van der Waals surface area (Å²) in [6.45, 7) is 4.72. The molecule has 10 aromatic rings. The molecule has 0 heterocycles. The van der Waals surface area contributed by atoms with E-state index in [9.17, 15) is 0 Å². The second-order valence-corrected chi connectivity index (χ2v) is 16.0. The minimum Gasteiger partial charge on any atom is -0.0622 e. The molecular weight excluding hydrogens is 685 g/mol. The van der Waals surface area contributed by atoms with Crippen LogP contribution in [0.1, 0.15) is 25.0 Å². The molecule has 0 N–H and O–H groups in total. The van der Waals surface area contributed by atoms with E-state index in [1.807, 2.05) is 0 Å². The van der Waals surface area contributed by atoms with Crippen LogP contribution in [0, 0.1) is 0 Å². The number of hydrogen-bond donors (Lipinski definition) is 0. The van der Waals surface area contributed by atoms with Gasteiger partial charge in [-0.2, -0.15) is 0 Å². The summed E-state index contributed by atoms with van der Waals surface area (Å²) < 4.78 is 0. The molecule has 11 rings (SSSR count). The fourth-order valence-electron chi connectivity index (χ4n) is 9.66. The van der Waals surface area contributed by atoms with Crippen molar-refractivity contribution >= 4 is 32.3 Å². The van der Waals surface area contributed by atoms with E-state index < -0.39 is 0 Å². The third-order valence-corrected chi connectivity index (χ3v) is 12.5. The van der Waals surface area contributed by atoms with Gasteiger partial charge in [-0.3, -0.25) is 0 Å². The molecule has 0 spiro atoms. The highest BCUT2D eigenvalue weighted by atomic mass is 14.4. The maximum Gasteiger partial charge on any atom is 0.0158 e. The average Bonchev–Trinajstić information content (AvgIpc) is 3.50. The molecule has 0 amide bonds. The lowest BCUT2D eigenvalue weighted by molar-refractivity contribution is 0.660. The average molecular weight is 725 g/mol. The molecule has 0 heteroatoms. The Morgan fingerprint density at radius 2 is 0.754 bits per heavy atom. The van der Waals surface area contributed by atoms with E-state index in [4.69, 9.17) is 0 Å². The van der Waals surface area contributed by atoms with E-state index in [0.717, 1.165) is 0 Å². The van der Waals surface area contributed by atoms with Crippen LogP contribution in [0.4, 0.5) is 0 Å². The lowest BCUT2D eigenvalue weighted by Gasteiger charge is -2.22. The Morgan fingerprint density at radius 1 is 0.263 bits per heavy atom. The SMILES string of the molecule is CC1(C)c2ccccc2-c2cc(-c3c4ccccc4c(-c4cccc(-c5ccc(-c6ccccc6)cc5)c4)c4ccc(-c5cccc6ccccc56)cc34)ccc21. The van der Waals surface area contributed by atoms with E-state index in [1.54, 1.807) is 0 Å². The molecule has 268 valence electrons. The van der Waals surface area contributed by atoms with Gasteiger partial charge in [0.05, 0.1) is 0 Å². The number of benzene rings is 10. The van der Waals surface area contributed by atoms with Crippen LogP contribution in [0.3, 0.4) is 0 Å². The molecule has 0 radical (unpaired) electrons. The van der Waals surface area contributed by atoms with Crippen LogP contribution < -0.4 is 0 Å². The summed E-state index contributed by atoms with van der Waals surface area (Å²) in [5.41, 5.74) is 17.8. The summed E-state index contributed by atoms with van der Waals surface area (Å²) in [6, 6.07) is 76.5. The van der Waals surface area contributed by atoms with Crippen LogP contribution in [0.25, 0.3) is 99.1 Å². The highest BCUT2D eigenvalue weighted by molar-refractivity contribution is 6.22. The van der Waals surface area contributed by atoms with Crippen LogP contribution in [0.2, 0.25) is 0 Å². The molecule has 0 bridgehead atoms. The third-order valence-electron chi connectivity index (χ3n) is 12.5. The Hall–Kier alpha value is -7.02. The predicted octanol–water partition coefficient (Wildman–Crippen LogP) is 15.8.